The van der Waals surface area contributed by atoms with E-state index in [4.69, 9.17) is 15.2 Å². The predicted octanol–water partition coefficient (Wildman–Crippen LogP) is 7.16. The second kappa shape index (κ2) is 23.7. The minimum atomic E-state index is -0.442. The van der Waals surface area contributed by atoms with Gasteiger partial charge in [0.25, 0.3) is 0 Å². The number of rotatable bonds is 21. The van der Waals surface area contributed by atoms with Crippen LogP contribution in [0.15, 0.2) is 90.0 Å². The molecule has 0 saturated heterocycles. The lowest BCUT2D eigenvalue weighted by molar-refractivity contribution is -0.143. The summed E-state index contributed by atoms with van der Waals surface area (Å²) in [6, 6.07) is 1.56. The standard InChI is InChI=1S/C32H47N3O4/c1-3-4-5-6-7-8-9-10-11-12-13-14-15-16-17-18-19-20-21-25-31(36)39-28-23-22-24-30(38-2)35-27-26-29(33)34-32(35)37/h4-5,7-8,10-11,13-14,16-17,19-20,26-27,30H,3,6,9,12,15,18,21-25,28H2,1-2H3,(H2,33,34,37)/b5-4-,8-7-,11-10-,14-13-,17-16-,20-19-/t30-/m1/s1. The fourth-order valence-electron chi connectivity index (χ4n) is 3.54. The SMILES string of the molecule is CC/C=C\C/C=C\C/C=C\C/C=C\C/C=C\C/C=C\CCC(=O)OCCCC[C@@H](OC)n1ccc(N)nc1=O. The number of anilines is 1. The number of carbonyl (C=O) groups excluding carboxylic acids is 1. The van der Waals surface area contributed by atoms with Crippen LogP contribution < -0.4 is 11.4 Å². The third-order valence-electron chi connectivity index (χ3n) is 5.65. The van der Waals surface area contributed by atoms with Crippen molar-refractivity contribution in [2.75, 3.05) is 19.5 Å². The largest absolute Gasteiger partial charge is 0.466 e. The summed E-state index contributed by atoms with van der Waals surface area (Å²) >= 11 is 0. The molecule has 0 fully saturated rings. The zero-order valence-corrected chi connectivity index (χ0v) is 23.8. The Morgan fingerprint density at radius 3 is 1.95 bits per heavy atom. The summed E-state index contributed by atoms with van der Waals surface area (Å²) in [4.78, 5) is 27.5. The molecule has 0 saturated carbocycles. The molecule has 1 atom stereocenters. The number of hydrogen-bond donors (Lipinski definition) is 1. The Labute approximate surface area is 234 Å². The number of unbranched alkanes of at least 4 members (excludes halogenated alkanes) is 1. The van der Waals surface area contributed by atoms with Gasteiger partial charge in [-0.1, -0.05) is 79.8 Å². The number of nitrogens with two attached hydrogens (primary N) is 1. The number of allylic oxidation sites excluding steroid dienone is 12. The van der Waals surface area contributed by atoms with Gasteiger partial charge in [-0.15, -0.1) is 0 Å². The van der Waals surface area contributed by atoms with Gasteiger partial charge in [-0.05, 0) is 70.3 Å². The number of methoxy groups -OCH3 is 1. The van der Waals surface area contributed by atoms with E-state index in [2.05, 4.69) is 78.7 Å². The van der Waals surface area contributed by atoms with Crippen molar-refractivity contribution in [3.63, 3.8) is 0 Å². The molecule has 1 rings (SSSR count). The third kappa shape index (κ3) is 18.4. The molecule has 0 spiro atoms. The number of aromatic nitrogens is 2. The van der Waals surface area contributed by atoms with Crippen molar-refractivity contribution in [3.05, 3.63) is 95.7 Å². The van der Waals surface area contributed by atoms with Crippen LogP contribution in [0.3, 0.4) is 0 Å². The zero-order valence-electron chi connectivity index (χ0n) is 23.8. The summed E-state index contributed by atoms with van der Waals surface area (Å²) in [6.45, 7) is 2.50. The first-order valence-corrected chi connectivity index (χ1v) is 14.0. The van der Waals surface area contributed by atoms with Gasteiger partial charge >= 0.3 is 11.7 Å². The summed E-state index contributed by atoms with van der Waals surface area (Å²) in [5, 5.41) is 0. The molecule has 7 heteroatoms. The highest BCUT2D eigenvalue weighted by Gasteiger charge is 2.12. The summed E-state index contributed by atoms with van der Waals surface area (Å²) in [7, 11) is 1.54. The Morgan fingerprint density at radius 2 is 1.44 bits per heavy atom. The lowest BCUT2D eigenvalue weighted by Gasteiger charge is -2.17. The van der Waals surface area contributed by atoms with Crippen molar-refractivity contribution < 1.29 is 14.3 Å². The van der Waals surface area contributed by atoms with Crippen LogP contribution >= 0.6 is 0 Å². The van der Waals surface area contributed by atoms with Crippen molar-refractivity contribution in [2.24, 2.45) is 0 Å². The average Bonchev–Trinajstić information content (AvgIpc) is 2.92. The summed E-state index contributed by atoms with van der Waals surface area (Å²) < 4.78 is 12.1. The number of ether oxygens (including phenoxy) is 2. The van der Waals surface area contributed by atoms with Gasteiger partial charge in [-0.2, -0.15) is 4.98 Å². The highest BCUT2D eigenvalue weighted by Crippen LogP contribution is 2.14. The smallest absolute Gasteiger partial charge is 0.351 e. The minimum Gasteiger partial charge on any atom is -0.466 e. The maximum Gasteiger partial charge on any atom is 0.351 e. The maximum atomic E-state index is 11.9. The molecule has 2 N–H and O–H groups in total. The molecule has 0 amide bonds. The summed E-state index contributed by atoms with van der Waals surface area (Å²) in [5.74, 6) is -0.0150. The highest BCUT2D eigenvalue weighted by molar-refractivity contribution is 5.69. The summed E-state index contributed by atoms with van der Waals surface area (Å²) in [5.41, 5.74) is 5.08. The average molecular weight is 538 g/mol. The highest BCUT2D eigenvalue weighted by atomic mass is 16.5. The van der Waals surface area contributed by atoms with Crippen LogP contribution in [-0.4, -0.2) is 29.2 Å². The predicted molar refractivity (Wildman–Crippen MR) is 161 cm³/mol. The Balaban J connectivity index is 2.03. The first kappa shape index (κ1) is 33.6. The van der Waals surface area contributed by atoms with E-state index in [-0.39, 0.29) is 11.8 Å². The molecule has 0 aliphatic heterocycles. The maximum absolute atomic E-state index is 11.9. The van der Waals surface area contributed by atoms with Crippen LogP contribution in [0.4, 0.5) is 5.82 Å². The third-order valence-corrected chi connectivity index (χ3v) is 5.65. The van der Waals surface area contributed by atoms with Crippen molar-refractivity contribution in [3.8, 4) is 0 Å². The van der Waals surface area contributed by atoms with E-state index < -0.39 is 11.9 Å². The van der Waals surface area contributed by atoms with Crippen LogP contribution in [0.25, 0.3) is 0 Å². The van der Waals surface area contributed by atoms with E-state index >= 15 is 0 Å². The second-order valence-electron chi connectivity index (χ2n) is 8.90. The topological polar surface area (TPSA) is 96.4 Å². The first-order valence-electron chi connectivity index (χ1n) is 14.0. The van der Waals surface area contributed by atoms with E-state index in [1.165, 1.54) is 4.57 Å². The molecular weight excluding hydrogens is 490 g/mol. The lowest BCUT2D eigenvalue weighted by atomic mass is 10.2. The van der Waals surface area contributed by atoms with Crippen molar-refractivity contribution in [1.29, 1.82) is 0 Å². The number of nitrogens with zero attached hydrogens (tertiary/aromatic N) is 2. The molecule has 0 unspecified atom stereocenters. The van der Waals surface area contributed by atoms with Crippen LogP contribution in [0.1, 0.15) is 83.8 Å². The van der Waals surface area contributed by atoms with E-state index in [9.17, 15) is 9.59 Å². The fraction of sp³-hybridized carbons (Fsp3) is 0.469. The minimum absolute atomic E-state index is 0.182. The quantitative estimate of drug-likeness (QED) is 0.101. The summed E-state index contributed by atoms with van der Waals surface area (Å²) in [6.07, 6.45) is 36.0. The van der Waals surface area contributed by atoms with Crippen molar-refractivity contribution in [1.82, 2.24) is 9.55 Å². The molecule has 0 bridgehead atoms. The van der Waals surface area contributed by atoms with Gasteiger partial charge in [0, 0.05) is 19.7 Å². The number of esters is 1. The molecule has 1 aromatic rings. The Kier molecular flexibility index (Phi) is 20.4. The van der Waals surface area contributed by atoms with Gasteiger partial charge in [0.15, 0.2) is 0 Å². The van der Waals surface area contributed by atoms with E-state index in [1.807, 2.05) is 6.08 Å². The second-order valence-corrected chi connectivity index (χ2v) is 8.90. The van der Waals surface area contributed by atoms with Crippen LogP contribution in [0.5, 0.6) is 0 Å². The molecule has 7 nitrogen and oxygen atoms in total. The van der Waals surface area contributed by atoms with Gasteiger partial charge < -0.3 is 15.2 Å². The van der Waals surface area contributed by atoms with Gasteiger partial charge in [0.1, 0.15) is 12.0 Å². The molecule has 0 aliphatic carbocycles. The monoisotopic (exact) mass is 537 g/mol. The van der Waals surface area contributed by atoms with Crippen molar-refractivity contribution in [2.45, 2.75) is 83.8 Å². The van der Waals surface area contributed by atoms with Crippen LogP contribution in [-0.2, 0) is 14.3 Å². The van der Waals surface area contributed by atoms with Gasteiger partial charge in [0.05, 0.1) is 6.61 Å². The van der Waals surface area contributed by atoms with Crippen LogP contribution in [0.2, 0.25) is 0 Å². The molecule has 0 radical (unpaired) electrons. The van der Waals surface area contributed by atoms with Gasteiger partial charge in [-0.3, -0.25) is 9.36 Å². The van der Waals surface area contributed by atoms with E-state index in [0.717, 1.165) is 44.9 Å². The Hall–Kier alpha value is -3.45. The molecule has 0 aliphatic rings. The Bertz CT molecular complexity index is 1020. The van der Waals surface area contributed by atoms with E-state index in [0.29, 0.717) is 32.3 Å². The van der Waals surface area contributed by atoms with Gasteiger partial charge in [0.2, 0.25) is 0 Å². The Morgan fingerprint density at radius 1 is 0.897 bits per heavy atom. The number of hydrogen-bond acceptors (Lipinski definition) is 6. The van der Waals surface area contributed by atoms with E-state index in [1.54, 1.807) is 19.4 Å². The van der Waals surface area contributed by atoms with Gasteiger partial charge in [-0.25, -0.2) is 4.79 Å². The zero-order chi connectivity index (χ0) is 28.4. The molecule has 1 aromatic heterocycles. The molecule has 0 aromatic carbocycles. The molecule has 39 heavy (non-hydrogen) atoms. The normalized spacial score (nSPS) is 13.3. The van der Waals surface area contributed by atoms with Crippen LogP contribution in [0, 0.1) is 0 Å². The fourth-order valence-corrected chi connectivity index (χ4v) is 3.54. The molecule has 1 heterocycles. The van der Waals surface area contributed by atoms with Crippen molar-refractivity contribution >= 4 is 11.8 Å². The molecule has 214 valence electrons. The number of nitrogen functional groups attached to an aromatic ring is 1. The lowest BCUT2D eigenvalue weighted by Crippen LogP contribution is -2.28. The molecular formula is C32H47N3O4. The number of carbonyl (C=O) groups is 1. The first-order chi connectivity index (χ1) is 19.1.